The van der Waals surface area contributed by atoms with Gasteiger partial charge in [0.05, 0.1) is 11.3 Å². The van der Waals surface area contributed by atoms with E-state index in [-0.39, 0.29) is 17.0 Å². The number of aromatic nitrogens is 1. The number of aromatic amines is 1. The number of rotatable bonds is 1. The average Bonchev–Trinajstić information content (AvgIpc) is 2.68. The van der Waals surface area contributed by atoms with Crippen molar-refractivity contribution in [2.45, 2.75) is 26.7 Å². The second-order valence-electron chi connectivity index (χ2n) is 6.03. The number of hydrogen-bond acceptors (Lipinski definition) is 2. The summed E-state index contributed by atoms with van der Waals surface area (Å²) < 4.78 is 0. The summed E-state index contributed by atoms with van der Waals surface area (Å²) in [5, 5.41) is 11.2. The minimum atomic E-state index is -0.156. The smallest absolute Gasteiger partial charge is 0.168 e. The SMILES string of the molecule is CC1(C)CC(=O)C(c2cc3ccccc3[nH]2)=C(O)C1. The molecule has 1 heterocycles. The molecule has 0 radical (unpaired) electrons. The second-order valence-corrected chi connectivity index (χ2v) is 6.03. The topological polar surface area (TPSA) is 53.1 Å². The molecule has 0 atom stereocenters. The van der Waals surface area contributed by atoms with Crippen LogP contribution in [0.3, 0.4) is 0 Å². The molecule has 3 heteroatoms. The highest BCUT2D eigenvalue weighted by Crippen LogP contribution is 2.39. The van der Waals surface area contributed by atoms with Crippen molar-refractivity contribution in [3.05, 3.63) is 41.8 Å². The minimum absolute atomic E-state index is 0.0142. The number of hydrogen-bond donors (Lipinski definition) is 2. The van der Waals surface area contributed by atoms with Gasteiger partial charge in [0.25, 0.3) is 0 Å². The predicted octanol–water partition coefficient (Wildman–Crippen LogP) is 3.83. The van der Waals surface area contributed by atoms with Gasteiger partial charge in [-0.1, -0.05) is 32.0 Å². The molecule has 0 saturated carbocycles. The van der Waals surface area contributed by atoms with E-state index in [9.17, 15) is 9.90 Å². The van der Waals surface area contributed by atoms with Crippen LogP contribution in [-0.4, -0.2) is 15.9 Å². The van der Waals surface area contributed by atoms with Gasteiger partial charge in [0.2, 0.25) is 0 Å². The number of aliphatic hydroxyl groups excluding tert-OH is 1. The molecule has 2 aromatic rings. The zero-order valence-corrected chi connectivity index (χ0v) is 11.2. The number of allylic oxidation sites excluding steroid dienone is 2. The normalized spacial score (nSPS) is 19.2. The Labute approximate surface area is 112 Å². The Morgan fingerprint density at radius 2 is 1.95 bits per heavy atom. The van der Waals surface area contributed by atoms with Crippen LogP contribution in [0.5, 0.6) is 0 Å². The van der Waals surface area contributed by atoms with E-state index in [2.05, 4.69) is 4.98 Å². The molecule has 19 heavy (non-hydrogen) atoms. The van der Waals surface area contributed by atoms with E-state index in [1.165, 1.54) is 0 Å². The maximum absolute atomic E-state index is 12.3. The molecule has 0 saturated heterocycles. The third kappa shape index (κ3) is 2.05. The molecule has 3 rings (SSSR count). The first-order valence-corrected chi connectivity index (χ1v) is 6.50. The number of fused-ring (bicyclic) bond motifs is 1. The third-order valence-electron chi connectivity index (χ3n) is 3.65. The van der Waals surface area contributed by atoms with E-state index in [4.69, 9.17) is 0 Å². The average molecular weight is 255 g/mol. The lowest BCUT2D eigenvalue weighted by molar-refractivity contribution is -0.116. The number of Topliss-reactive ketones (excluding diaryl/α,β-unsaturated/α-hetero) is 1. The lowest BCUT2D eigenvalue weighted by Gasteiger charge is -2.29. The second kappa shape index (κ2) is 3.98. The maximum Gasteiger partial charge on any atom is 0.168 e. The lowest BCUT2D eigenvalue weighted by Crippen LogP contribution is -2.25. The summed E-state index contributed by atoms with van der Waals surface area (Å²) in [4.78, 5) is 15.5. The Hall–Kier alpha value is -2.03. The minimum Gasteiger partial charge on any atom is -0.511 e. The summed E-state index contributed by atoms with van der Waals surface area (Å²) in [5.74, 6) is 0.216. The molecule has 3 nitrogen and oxygen atoms in total. The molecule has 0 fully saturated rings. The van der Waals surface area contributed by atoms with Gasteiger partial charge in [-0.15, -0.1) is 0 Å². The molecule has 0 amide bonds. The first kappa shape index (κ1) is 12.0. The van der Waals surface area contributed by atoms with Crippen LogP contribution in [-0.2, 0) is 4.79 Å². The fraction of sp³-hybridized carbons (Fsp3) is 0.312. The lowest BCUT2D eigenvalue weighted by atomic mass is 9.76. The van der Waals surface area contributed by atoms with Crippen molar-refractivity contribution in [1.82, 2.24) is 4.98 Å². The molecule has 0 aliphatic heterocycles. The number of para-hydroxylation sites is 1. The van der Waals surface area contributed by atoms with Crippen LogP contribution >= 0.6 is 0 Å². The summed E-state index contributed by atoms with van der Waals surface area (Å²) in [6, 6.07) is 9.79. The summed E-state index contributed by atoms with van der Waals surface area (Å²) in [6.45, 7) is 4.01. The van der Waals surface area contributed by atoms with Gasteiger partial charge in [-0.05, 0) is 17.5 Å². The molecule has 1 aromatic carbocycles. The molecular weight excluding hydrogens is 238 g/mol. The van der Waals surface area contributed by atoms with Crippen molar-refractivity contribution < 1.29 is 9.90 Å². The van der Waals surface area contributed by atoms with Crippen LogP contribution in [0.2, 0.25) is 0 Å². The monoisotopic (exact) mass is 255 g/mol. The molecule has 0 bridgehead atoms. The van der Waals surface area contributed by atoms with Crippen molar-refractivity contribution in [3.8, 4) is 0 Å². The molecule has 0 unspecified atom stereocenters. The number of aliphatic hydroxyl groups is 1. The zero-order chi connectivity index (χ0) is 13.6. The Kier molecular flexibility index (Phi) is 2.52. The van der Waals surface area contributed by atoms with Gasteiger partial charge in [0.15, 0.2) is 5.78 Å². The molecule has 98 valence electrons. The number of H-pyrrole nitrogens is 1. The van der Waals surface area contributed by atoms with Crippen molar-refractivity contribution in [2.24, 2.45) is 5.41 Å². The summed E-state index contributed by atoms with van der Waals surface area (Å²) in [5.41, 5.74) is 2.00. The maximum atomic E-state index is 12.3. The van der Waals surface area contributed by atoms with Crippen LogP contribution in [0.4, 0.5) is 0 Å². The van der Waals surface area contributed by atoms with E-state index in [1.807, 2.05) is 44.2 Å². The molecular formula is C16H17NO2. The molecule has 2 N–H and O–H groups in total. The highest BCUT2D eigenvalue weighted by atomic mass is 16.3. The Morgan fingerprint density at radius 3 is 2.63 bits per heavy atom. The Bertz CT molecular complexity index is 659. The van der Waals surface area contributed by atoms with Crippen LogP contribution in [0, 0.1) is 5.41 Å². The van der Waals surface area contributed by atoms with Crippen molar-refractivity contribution in [2.75, 3.05) is 0 Å². The van der Waals surface area contributed by atoms with Crippen LogP contribution in [0.15, 0.2) is 36.1 Å². The first-order valence-electron chi connectivity index (χ1n) is 6.50. The van der Waals surface area contributed by atoms with E-state index >= 15 is 0 Å². The number of nitrogens with one attached hydrogen (secondary N) is 1. The fourth-order valence-electron chi connectivity index (χ4n) is 2.80. The number of carbonyl (C=O) groups excluding carboxylic acids is 1. The molecule has 0 spiro atoms. The molecule has 1 aliphatic rings. The van der Waals surface area contributed by atoms with Gasteiger partial charge in [-0.25, -0.2) is 0 Å². The van der Waals surface area contributed by atoms with Crippen molar-refractivity contribution in [1.29, 1.82) is 0 Å². The van der Waals surface area contributed by atoms with Gasteiger partial charge < -0.3 is 10.1 Å². The van der Waals surface area contributed by atoms with E-state index in [0.29, 0.717) is 18.4 Å². The van der Waals surface area contributed by atoms with Crippen molar-refractivity contribution in [3.63, 3.8) is 0 Å². The van der Waals surface area contributed by atoms with Gasteiger partial charge in [-0.2, -0.15) is 0 Å². The third-order valence-corrected chi connectivity index (χ3v) is 3.65. The van der Waals surface area contributed by atoms with Crippen LogP contribution in [0.1, 0.15) is 32.4 Å². The number of carbonyl (C=O) groups is 1. The quantitative estimate of drug-likeness (QED) is 0.813. The summed E-state index contributed by atoms with van der Waals surface area (Å²) in [7, 11) is 0. The number of benzene rings is 1. The molecule has 1 aliphatic carbocycles. The standard InChI is InChI=1S/C16H17NO2/c1-16(2)8-13(18)15(14(19)9-16)12-7-10-5-3-4-6-11(10)17-12/h3-7,17-18H,8-9H2,1-2H3. The fourth-order valence-corrected chi connectivity index (χ4v) is 2.80. The van der Waals surface area contributed by atoms with Gasteiger partial charge >= 0.3 is 0 Å². The van der Waals surface area contributed by atoms with E-state index in [0.717, 1.165) is 16.6 Å². The largest absolute Gasteiger partial charge is 0.511 e. The Morgan fingerprint density at radius 1 is 1.21 bits per heavy atom. The number of ketones is 1. The van der Waals surface area contributed by atoms with Crippen LogP contribution < -0.4 is 0 Å². The highest BCUT2D eigenvalue weighted by molar-refractivity contribution is 6.22. The zero-order valence-electron chi connectivity index (χ0n) is 11.2. The summed E-state index contributed by atoms with van der Waals surface area (Å²) in [6.07, 6.45) is 1.02. The van der Waals surface area contributed by atoms with Gasteiger partial charge in [0, 0.05) is 23.7 Å². The Balaban J connectivity index is 2.12. The van der Waals surface area contributed by atoms with Crippen LogP contribution in [0.25, 0.3) is 16.5 Å². The van der Waals surface area contributed by atoms with E-state index < -0.39 is 0 Å². The van der Waals surface area contributed by atoms with Crippen molar-refractivity contribution >= 4 is 22.3 Å². The first-order chi connectivity index (χ1) is 8.96. The summed E-state index contributed by atoms with van der Waals surface area (Å²) >= 11 is 0. The predicted molar refractivity (Wildman–Crippen MR) is 75.9 cm³/mol. The van der Waals surface area contributed by atoms with E-state index in [1.54, 1.807) is 0 Å². The highest BCUT2D eigenvalue weighted by Gasteiger charge is 2.34. The van der Waals surface area contributed by atoms with Gasteiger partial charge in [-0.3, -0.25) is 4.79 Å². The molecule has 1 aromatic heterocycles. The van der Waals surface area contributed by atoms with Gasteiger partial charge in [0.1, 0.15) is 5.76 Å².